The summed E-state index contributed by atoms with van der Waals surface area (Å²) in [5.74, 6) is 1.59. The number of aryl methyl sites for hydroxylation is 1. The molecule has 1 N–H and O–H groups in total. The number of rotatable bonds is 11. The van der Waals surface area contributed by atoms with Crippen LogP contribution in [-0.2, 0) is 4.79 Å². The first-order valence-corrected chi connectivity index (χ1v) is 9.13. The van der Waals surface area contributed by atoms with Crippen LogP contribution < -0.4 is 9.47 Å². The number of ether oxygens (including phenoxy) is 2. The number of ketones is 1. The number of unbranched alkanes of at least 4 members (excludes halogenated alkanes) is 1. The van der Waals surface area contributed by atoms with E-state index in [1.54, 1.807) is 13.2 Å². The highest BCUT2D eigenvalue weighted by atomic mass is 16.5. The maximum absolute atomic E-state index is 12.0. The zero-order valence-corrected chi connectivity index (χ0v) is 16.1. The molecule has 0 spiro atoms. The van der Waals surface area contributed by atoms with Crippen molar-refractivity contribution in [2.45, 2.75) is 32.6 Å². The number of hydrogen-bond donors (Lipinski definition) is 1. The molecular formula is C23H27NO3. The molecule has 0 aromatic heterocycles. The molecule has 27 heavy (non-hydrogen) atoms. The van der Waals surface area contributed by atoms with E-state index in [4.69, 9.17) is 14.9 Å². The van der Waals surface area contributed by atoms with Crippen LogP contribution in [0, 0.1) is 12.3 Å². The van der Waals surface area contributed by atoms with Gasteiger partial charge >= 0.3 is 0 Å². The van der Waals surface area contributed by atoms with Crippen molar-refractivity contribution in [2.24, 2.45) is 0 Å². The Morgan fingerprint density at radius 2 is 1.81 bits per heavy atom. The van der Waals surface area contributed by atoms with Gasteiger partial charge in [-0.3, -0.25) is 4.79 Å². The molecule has 0 fully saturated rings. The fraction of sp³-hybridized carbons (Fsp3) is 0.304. The van der Waals surface area contributed by atoms with Gasteiger partial charge in [0, 0.05) is 12.1 Å². The van der Waals surface area contributed by atoms with E-state index in [2.05, 4.69) is 6.58 Å². The molecule has 2 aromatic carbocycles. The first-order chi connectivity index (χ1) is 13.0. The first kappa shape index (κ1) is 20.4. The average molecular weight is 365 g/mol. The highest BCUT2D eigenvalue weighted by molar-refractivity contribution is 5.98. The normalized spacial score (nSPS) is 10.3. The summed E-state index contributed by atoms with van der Waals surface area (Å²) in [7, 11) is 1.64. The van der Waals surface area contributed by atoms with Crippen LogP contribution in [0.15, 0.2) is 49.0 Å². The number of nitrogens with one attached hydrogen (secondary N) is 1. The van der Waals surface area contributed by atoms with Crippen molar-refractivity contribution in [1.82, 2.24) is 0 Å². The van der Waals surface area contributed by atoms with Crippen molar-refractivity contribution >= 4 is 17.6 Å². The molecule has 4 nitrogen and oxygen atoms in total. The maximum Gasteiger partial charge on any atom is 0.170 e. The van der Waals surface area contributed by atoms with E-state index in [1.165, 1.54) is 0 Å². The molecule has 0 aliphatic carbocycles. The molecule has 0 bridgehead atoms. The van der Waals surface area contributed by atoms with Crippen molar-refractivity contribution in [2.75, 3.05) is 13.7 Å². The van der Waals surface area contributed by atoms with Gasteiger partial charge in [-0.25, -0.2) is 0 Å². The van der Waals surface area contributed by atoms with Crippen LogP contribution in [0.1, 0.15) is 42.4 Å². The summed E-state index contributed by atoms with van der Waals surface area (Å²) < 4.78 is 10.8. The van der Waals surface area contributed by atoms with E-state index < -0.39 is 0 Å². The number of carbonyl (C=O) groups excluding carboxylic acids is 1. The minimum atomic E-state index is 0.0784. The average Bonchev–Trinajstić information content (AvgIpc) is 2.69. The predicted molar refractivity (Wildman–Crippen MR) is 110 cm³/mol. The Hall–Kier alpha value is -2.88. The second-order valence-electron chi connectivity index (χ2n) is 6.47. The minimum absolute atomic E-state index is 0.0784. The van der Waals surface area contributed by atoms with Gasteiger partial charge in [0.1, 0.15) is 18.1 Å². The molecule has 2 rings (SSSR count). The third-order valence-electron chi connectivity index (χ3n) is 4.39. The second kappa shape index (κ2) is 10.3. The van der Waals surface area contributed by atoms with Crippen molar-refractivity contribution < 1.29 is 14.3 Å². The van der Waals surface area contributed by atoms with Crippen molar-refractivity contribution in [1.29, 1.82) is 5.41 Å². The monoisotopic (exact) mass is 365 g/mol. The standard InChI is InChI=1S/C23H27NO3/c1-4-18-9-12-21(13-10-18)27-16-20(25)7-5-6-8-22(24)19-11-14-23(26-3)17(2)15-19/h4,9-15,24H,1,5-8,16H2,2-3H3. The van der Waals surface area contributed by atoms with E-state index in [9.17, 15) is 4.79 Å². The van der Waals surface area contributed by atoms with Crippen LogP contribution in [0.2, 0.25) is 0 Å². The highest BCUT2D eigenvalue weighted by Crippen LogP contribution is 2.20. The van der Waals surface area contributed by atoms with Gasteiger partial charge in [-0.15, -0.1) is 0 Å². The molecule has 0 aliphatic heterocycles. The molecule has 4 heteroatoms. The lowest BCUT2D eigenvalue weighted by molar-refractivity contribution is -0.121. The Kier molecular flexibility index (Phi) is 7.80. The van der Waals surface area contributed by atoms with Crippen LogP contribution in [0.25, 0.3) is 6.08 Å². The van der Waals surface area contributed by atoms with Crippen molar-refractivity contribution in [3.05, 3.63) is 65.7 Å². The van der Waals surface area contributed by atoms with Gasteiger partial charge in [-0.05, 0) is 73.2 Å². The SMILES string of the molecule is C=Cc1ccc(OCC(=O)CCCCC(=N)c2ccc(OC)c(C)c2)cc1. The third-order valence-corrected chi connectivity index (χ3v) is 4.39. The molecule has 0 unspecified atom stereocenters. The number of methoxy groups -OCH3 is 1. The van der Waals surface area contributed by atoms with Crippen LogP contribution in [-0.4, -0.2) is 25.2 Å². The Bertz CT molecular complexity index is 794. The third kappa shape index (κ3) is 6.41. The molecule has 2 aromatic rings. The lowest BCUT2D eigenvalue weighted by Gasteiger charge is -2.09. The minimum Gasteiger partial charge on any atom is -0.496 e. The van der Waals surface area contributed by atoms with Crippen LogP contribution in [0.5, 0.6) is 11.5 Å². The summed E-state index contributed by atoms with van der Waals surface area (Å²) in [6, 6.07) is 13.2. The fourth-order valence-electron chi connectivity index (χ4n) is 2.77. The molecule has 0 aliphatic rings. The van der Waals surface area contributed by atoms with Crippen molar-refractivity contribution in [3.8, 4) is 11.5 Å². The summed E-state index contributed by atoms with van der Waals surface area (Å²) in [6.07, 6.45) is 4.46. The van der Waals surface area contributed by atoms with Gasteiger partial charge in [0.2, 0.25) is 0 Å². The van der Waals surface area contributed by atoms with Gasteiger partial charge in [0.15, 0.2) is 5.78 Å². The molecule has 0 saturated heterocycles. The fourth-order valence-corrected chi connectivity index (χ4v) is 2.77. The number of Topliss-reactive ketones (excluding diaryl/α,β-unsaturated/α-hetero) is 1. The van der Waals surface area contributed by atoms with Crippen molar-refractivity contribution in [3.63, 3.8) is 0 Å². The van der Waals surface area contributed by atoms with E-state index >= 15 is 0 Å². The molecule has 0 radical (unpaired) electrons. The van der Waals surface area contributed by atoms with E-state index in [-0.39, 0.29) is 12.4 Å². The van der Waals surface area contributed by atoms with Gasteiger partial charge in [-0.1, -0.05) is 24.8 Å². The largest absolute Gasteiger partial charge is 0.496 e. The molecule has 142 valence electrons. The number of benzene rings is 2. The van der Waals surface area contributed by atoms with E-state index in [0.29, 0.717) is 24.3 Å². The molecule has 0 atom stereocenters. The van der Waals surface area contributed by atoms with Gasteiger partial charge in [-0.2, -0.15) is 0 Å². The Morgan fingerprint density at radius 1 is 1.11 bits per heavy atom. The van der Waals surface area contributed by atoms with E-state index in [0.717, 1.165) is 35.3 Å². The van der Waals surface area contributed by atoms with Gasteiger partial charge < -0.3 is 14.9 Å². The lowest BCUT2D eigenvalue weighted by atomic mass is 10.0. The zero-order chi connectivity index (χ0) is 19.6. The highest BCUT2D eigenvalue weighted by Gasteiger charge is 2.07. The smallest absolute Gasteiger partial charge is 0.170 e. The second-order valence-corrected chi connectivity index (χ2v) is 6.47. The lowest BCUT2D eigenvalue weighted by Crippen LogP contribution is -2.11. The summed E-state index contributed by atoms with van der Waals surface area (Å²) in [4.78, 5) is 12.0. The first-order valence-electron chi connectivity index (χ1n) is 9.13. The van der Waals surface area contributed by atoms with E-state index in [1.807, 2.05) is 49.4 Å². The summed E-state index contributed by atoms with van der Waals surface area (Å²) >= 11 is 0. The van der Waals surface area contributed by atoms with Crippen LogP contribution in [0.3, 0.4) is 0 Å². The predicted octanol–water partition coefficient (Wildman–Crippen LogP) is 5.22. The quantitative estimate of drug-likeness (QED) is 0.438. The molecular weight excluding hydrogens is 338 g/mol. The molecule has 0 saturated carbocycles. The Labute approximate surface area is 161 Å². The molecule has 0 heterocycles. The number of carbonyl (C=O) groups is 1. The summed E-state index contributed by atoms with van der Waals surface area (Å²) in [5.41, 5.74) is 3.54. The van der Waals surface area contributed by atoms with Gasteiger partial charge in [0.25, 0.3) is 0 Å². The molecule has 0 amide bonds. The maximum atomic E-state index is 12.0. The van der Waals surface area contributed by atoms with Gasteiger partial charge in [0.05, 0.1) is 7.11 Å². The zero-order valence-electron chi connectivity index (χ0n) is 16.1. The topological polar surface area (TPSA) is 59.4 Å². The van der Waals surface area contributed by atoms with Crippen LogP contribution >= 0.6 is 0 Å². The van der Waals surface area contributed by atoms with Crippen LogP contribution in [0.4, 0.5) is 0 Å². The summed E-state index contributed by atoms with van der Waals surface area (Å²) in [6.45, 7) is 5.76. The Balaban J connectivity index is 1.68. The summed E-state index contributed by atoms with van der Waals surface area (Å²) in [5, 5.41) is 8.21. The Morgan fingerprint density at radius 3 is 2.44 bits per heavy atom. The number of hydrogen-bond acceptors (Lipinski definition) is 4.